The van der Waals surface area contributed by atoms with Crippen molar-refractivity contribution in [2.75, 3.05) is 7.11 Å². The zero-order valence-corrected chi connectivity index (χ0v) is 15.2. The summed E-state index contributed by atoms with van der Waals surface area (Å²) < 4.78 is 11.4. The van der Waals surface area contributed by atoms with E-state index < -0.39 is 0 Å². The van der Waals surface area contributed by atoms with Gasteiger partial charge in [0.15, 0.2) is 0 Å². The number of benzene rings is 2. The van der Waals surface area contributed by atoms with Crippen molar-refractivity contribution in [3.05, 3.63) is 52.6 Å². The van der Waals surface area contributed by atoms with Crippen molar-refractivity contribution in [3.63, 3.8) is 0 Å². The maximum Gasteiger partial charge on any atom is 0.134 e. The van der Waals surface area contributed by atoms with Gasteiger partial charge >= 0.3 is 0 Å². The lowest BCUT2D eigenvalue weighted by molar-refractivity contribution is 0.171. The monoisotopic (exact) mass is 356 g/mol. The van der Waals surface area contributed by atoms with Gasteiger partial charge in [0.25, 0.3) is 0 Å². The summed E-state index contributed by atoms with van der Waals surface area (Å²) in [4.78, 5) is 0. The fourth-order valence-corrected chi connectivity index (χ4v) is 3.23. The maximum absolute atomic E-state index is 10.3. The van der Waals surface area contributed by atoms with Crippen molar-refractivity contribution in [2.24, 2.45) is 0 Å². The van der Waals surface area contributed by atoms with Crippen molar-refractivity contribution < 1.29 is 24.8 Å². The third-order valence-electron chi connectivity index (χ3n) is 4.59. The molecule has 1 unspecified atom stereocenters. The summed E-state index contributed by atoms with van der Waals surface area (Å²) in [6.45, 7) is 3.99. The summed E-state index contributed by atoms with van der Waals surface area (Å²) in [6.07, 6.45) is 3.50. The van der Waals surface area contributed by atoms with Crippen LogP contribution in [0, 0.1) is 0 Å². The zero-order valence-electron chi connectivity index (χ0n) is 15.2. The summed E-state index contributed by atoms with van der Waals surface area (Å²) in [6, 6.07) is 6.40. The molecule has 1 heterocycles. The molecule has 0 fully saturated rings. The highest BCUT2D eigenvalue weighted by atomic mass is 16.5. The van der Waals surface area contributed by atoms with Crippen molar-refractivity contribution in [2.45, 2.75) is 39.2 Å². The van der Waals surface area contributed by atoms with E-state index in [4.69, 9.17) is 9.47 Å². The quantitative estimate of drug-likeness (QED) is 0.708. The molecule has 1 aliphatic rings. The molecule has 0 aliphatic carbocycles. The van der Waals surface area contributed by atoms with Crippen LogP contribution in [-0.4, -0.2) is 22.4 Å². The van der Waals surface area contributed by atoms with Gasteiger partial charge in [-0.1, -0.05) is 11.6 Å². The predicted molar refractivity (Wildman–Crippen MR) is 99.3 cm³/mol. The molecule has 2 aromatic carbocycles. The predicted octanol–water partition coefficient (Wildman–Crippen LogP) is 4.39. The Balaban J connectivity index is 2.01. The number of aromatic hydroxyl groups is 3. The van der Waals surface area contributed by atoms with E-state index in [2.05, 4.69) is 0 Å². The third-order valence-corrected chi connectivity index (χ3v) is 4.59. The van der Waals surface area contributed by atoms with Crippen molar-refractivity contribution in [1.29, 1.82) is 0 Å². The van der Waals surface area contributed by atoms with Gasteiger partial charge in [-0.15, -0.1) is 0 Å². The second kappa shape index (κ2) is 7.20. The molecule has 0 amide bonds. The average molecular weight is 356 g/mol. The lowest BCUT2D eigenvalue weighted by atomic mass is 9.93. The summed E-state index contributed by atoms with van der Waals surface area (Å²) >= 11 is 0. The number of allylic oxidation sites excluding steroid dienone is 2. The molecular formula is C21H24O5. The fourth-order valence-electron chi connectivity index (χ4n) is 3.23. The highest BCUT2D eigenvalue weighted by Crippen LogP contribution is 2.46. The second-order valence-electron chi connectivity index (χ2n) is 6.80. The minimum absolute atomic E-state index is 0.0212. The topological polar surface area (TPSA) is 79.2 Å². The van der Waals surface area contributed by atoms with E-state index in [-0.39, 0.29) is 23.4 Å². The molecule has 5 nitrogen and oxygen atoms in total. The summed E-state index contributed by atoms with van der Waals surface area (Å²) in [5.74, 6) is 1.26. The van der Waals surface area contributed by atoms with Crippen LogP contribution in [0.2, 0.25) is 0 Å². The molecule has 138 valence electrons. The smallest absolute Gasteiger partial charge is 0.134 e. The van der Waals surface area contributed by atoms with Crippen molar-refractivity contribution in [1.82, 2.24) is 0 Å². The zero-order chi connectivity index (χ0) is 18.8. The van der Waals surface area contributed by atoms with Crippen LogP contribution in [0.4, 0.5) is 0 Å². The van der Waals surface area contributed by atoms with Gasteiger partial charge in [0.2, 0.25) is 0 Å². The van der Waals surface area contributed by atoms with E-state index in [1.54, 1.807) is 13.2 Å². The molecule has 0 aromatic heterocycles. The van der Waals surface area contributed by atoms with E-state index in [1.807, 2.05) is 26.0 Å². The number of phenols is 3. The van der Waals surface area contributed by atoms with Crippen molar-refractivity contribution >= 4 is 0 Å². The first-order valence-electron chi connectivity index (χ1n) is 8.63. The molecular weight excluding hydrogens is 332 g/mol. The molecule has 1 aliphatic heterocycles. The number of fused-ring (bicyclic) bond motifs is 1. The third kappa shape index (κ3) is 3.57. The summed E-state index contributed by atoms with van der Waals surface area (Å²) in [5.41, 5.74) is 3.30. The van der Waals surface area contributed by atoms with E-state index in [9.17, 15) is 15.3 Å². The molecule has 0 spiro atoms. The van der Waals surface area contributed by atoms with Crippen LogP contribution < -0.4 is 9.47 Å². The average Bonchev–Trinajstić information content (AvgIpc) is 2.60. The molecule has 3 rings (SSSR count). The van der Waals surface area contributed by atoms with Crippen LogP contribution in [-0.2, 0) is 12.8 Å². The van der Waals surface area contributed by atoms with E-state index in [0.29, 0.717) is 41.9 Å². The Morgan fingerprint density at radius 2 is 1.92 bits per heavy atom. The van der Waals surface area contributed by atoms with Gasteiger partial charge in [-0.2, -0.15) is 0 Å². The summed E-state index contributed by atoms with van der Waals surface area (Å²) in [5, 5.41) is 30.4. The molecule has 3 N–H and O–H groups in total. The van der Waals surface area contributed by atoms with Crippen LogP contribution >= 0.6 is 0 Å². The van der Waals surface area contributed by atoms with Crippen LogP contribution in [0.3, 0.4) is 0 Å². The van der Waals surface area contributed by atoms with Gasteiger partial charge < -0.3 is 24.8 Å². The first-order chi connectivity index (χ1) is 12.4. The van der Waals surface area contributed by atoms with Crippen LogP contribution in [0.15, 0.2) is 35.9 Å². The molecule has 2 aromatic rings. The Morgan fingerprint density at radius 1 is 1.15 bits per heavy atom. The lowest BCUT2D eigenvalue weighted by Gasteiger charge is -2.29. The minimum Gasteiger partial charge on any atom is -0.508 e. The Morgan fingerprint density at radius 3 is 2.62 bits per heavy atom. The second-order valence-corrected chi connectivity index (χ2v) is 6.80. The number of ether oxygens (including phenoxy) is 2. The number of rotatable bonds is 4. The van der Waals surface area contributed by atoms with Gasteiger partial charge in [0.05, 0.1) is 7.11 Å². The highest BCUT2D eigenvalue weighted by Gasteiger charge is 2.28. The van der Waals surface area contributed by atoms with Gasteiger partial charge in [-0.25, -0.2) is 0 Å². The lowest BCUT2D eigenvalue weighted by Crippen LogP contribution is -2.17. The fraction of sp³-hybridized carbons (Fsp3) is 0.333. The first kappa shape index (κ1) is 18.0. The molecule has 1 atom stereocenters. The van der Waals surface area contributed by atoms with E-state index in [0.717, 1.165) is 11.1 Å². The Hall–Kier alpha value is -2.82. The molecule has 26 heavy (non-hydrogen) atoms. The largest absolute Gasteiger partial charge is 0.508 e. The SMILES string of the molecule is COc1cc(O)cc(C2CCc3c(O)cc(O)c(CC=C(C)C)c3O2)c1. The van der Waals surface area contributed by atoms with Gasteiger partial charge in [0.1, 0.15) is 34.9 Å². The molecule has 0 saturated heterocycles. The van der Waals surface area contributed by atoms with Crippen LogP contribution in [0.5, 0.6) is 28.7 Å². The highest BCUT2D eigenvalue weighted by molar-refractivity contribution is 5.58. The molecule has 0 saturated carbocycles. The summed E-state index contributed by atoms with van der Waals surface area (Å²) in [7, 11) is 1.54. The number of hydrogen-bond donors (Lipinski definition) is 3. The standard InChI is InChI=1S/C21H24O5/c1-12(2)4-5-16-18(23)11-19(24)17-6-7-20(26-21(16)17)13-8-14(22)10-15(9-13)25-3/h4,8-11,20,22-24H,5-7H2,1-3H3. The number of phenolic OH excluding ortho intramolecular Hbond substituents is 3. The van der Waals surface area contributed by atoms with Gasteiger partial charge in [-0.05, 0) is 50.8 Å². The van der Waals surface area contributed by atoms with Crippen LogP contribution in [0.1, 0.15) is 43.1 Å². The van der Waals surface area contributed by atoms with Crippen LogP contribution in [0.25, 0.3) is 0 Å². The van der Waals surface area contributed by atoms with Gasteiger partial charge in [-0.3, -0.25) is 0 Å². The van der Waals surface area contributed by atoms with E-state index in [1.165, 1.54) is 12.1 Å². The minimum atomic E-state index is -0.296. The van der Waals surface area contributed by atoms with Crippen molar-refractivity contribution in [3.8, 4) is 28.7 Å². The van der Waals surface area contributed by atoms with Gasteiger partial charge in [0, 0.05) is 23.3 Å². The Labute approximate surface area is 153 Å². The molecule has 0 radical (unpaired) electrons. The Kier molecular flexibility index (Phi) is 4.98. The first-order valence-corrected chi connectivity index (χ1v) is 8.63. The normalized spacial score (nSPS) is 15.7. The number of methoxy groups -OCH3 is 1. The van der Waals surface area contributed by atoms with E-state index >= 15 is 0 Å². The Bertz CT molecular complexity index is 850. The molecule has 5 heteroatoms. The maximum atomic E-state index is 10.3. The molecule has 0 bridgehead atoms. The number of hydrogen-bond acceptors (Lipinski definition) is 5.